The Kier molecular flexibility index (Phi) is 4.39. The van der Waals surface area contributed by atoms with Crippen molar-refractivity contribution >= 4 is 0 Å². The molecule has 0 spiro atoms. The van der Waals surface area contributed by atoms with E-state index in [0.717, 1.165) is 18.8 Å². The maximum absolute atomic E-state index is 4.15. The highest BCUT2D eigenvalue weighted by Crippen LogP contribution is 2.21. The summed E-state index contributed by atoms with van der Waals surface area (Å²) < 4.78 is 0. The van der Waals surface area contributed by atoms with Crippen LogP contribution >= 0.6 is 0 Å². The Balaban J connectivity index is 1.73. The Labute approximate surface area is 124 Å². The van der Waals surface area contributed by atoms with E-state index in [1.807, 2.05) is 12.1 Å². The number of H-pyrrole nitrogens is 1. The number of nitrogens with zero attached hydrogens (tertiary/aromatic N) is 2. The van der Waals surface area contributed by atoms with Gasteiger partial charge in [0.05, 0.1) is 6.04 Å². The average molecular weight is 278 g/mol. The van der Waals surface area contributed by atoms with Crippen molar-refractivity contribution in [2.75, 3.05) is 6.54 Å². The van der Waals surface area contributed by atoms with Gasteiger partial charge in [-0.2, -0.15) is 5.10 Å². The Hall–Kier alpha value is -2.46. The number of nitrogens with one attached hydrogen (secondary N) is 2. The number of hydrogen-bond acceptors (Lipinski definition) is 3. The monoisotopic (exact) mass is 278 g/mol. The van der Waals surface area contributed by atoms with Gasteiger partial charge >= 0.3 is 0 Å². The maximum atomic E-state index is 4.15. The lowest BCUT2D eigenvalue weighted by Crippen LogP contribution is -2.25. The summed E-state index contributed by atoms with van der Waals surface area (Å²) in [7, 11) is 0. The highest BCUT2D eigenvalue weighted by molar-refractivity contribution is 5.31. The predicted octanol–water partition coefficient (Wildman–Crippen LogP) is 2.73. The first kappa shape index (κ1) is 13.5. The van der Waals surface area contributed by atoms with Crippen LogP contribution in [-0.2, 0) is 6.42 Å². The fraction of sp³-hybridized carbons (Fsp3) is 0.176. The van der Waals surface area contributed by atoms with Crippen LogP contribution in [0, 0.1) is 0 Å². The molecular formula is C17H18N4. The van der Waals surface area contributed by atoms with Crippen molar-refractivity contribution in [1.29, 1.82) is 0 Å². The topological polar surface area (TPSA) is 53.6 Å². The van der Waals surface area contributed by atoms with Gasteiger partial charge in [0.2, 0.25) is 0 Å². The standard InChI is InChI=1S/C17H18N4/c1-3-7-14(8-4-1)17(15-9-5-2-6-10-15)18-12-11-16-19-13-20-21-16/h1-10,13,17-18H,11-12H2,(H,19,20,21). The molecule has 2 aromatic carbocycles. The summed E-state index contributed by atoms with van der Waals surface area (Å²) in [6, 6.07) is 21.2. The van der Waals surface area contributed by atoms with Crippen LogP contribution < -0.4 is 5.32 Å². The van der Waals surface area contributed by atoms with Gasteiger partial charge in [-0.1, -0.05) is 60.7 Å². The summed E-state index contributed by atoms with van der Waals surface area (Å²) in [6.45, 7) is 0.837. The molecule has 0 fully saturated rings. The van der Waals surface area contributed by atoms with E-state index >= 15 is 0 Å². The molecule has 1 heterocycles. The smallest absolute Gasteiger partial charge is 0.137 e. The van der Waals surface area contributed by atoms with E-state index in [0.29, 0.717) is 0 Å². The van der Waals surface area contributed by atoms with E-state index in [-0.39, 0.29) is 6.04 Å². The van der Waals surface area contributed by atoms with E-state index < -0.39 is 0 Å². The molecule has 3 aromatic rings. The molecule has 4 heteroatoms. The summed E-state index contributed by atoms with van der Waals surface area (Å²) in [4.78, 5) is 4.15. The molecule has 3 rings (SSSR count). The lowest BCUT2D eigenvalue weighted by atomic mass is 9.99. The highest BCUT2D eigenvalue weighted by Gasteiger charge is 2.12. The SMILES string of the molecule is c1ccc(C(NCCc2ncn[nH]2)c2ccccc2)cc1. The van der Waals surface area contributed by atoms with Crippen LogP contribution in [0.15, 0.2) is 67.0 Å². The van der Waals surface area contributed by atoms with Gasteiger partial charge in [0, 0.05) is 13.0 Å². The first-order valence-electron chi connectivity index (χ1n) is 7.11. The molecule has 1 aromatic heterocycles. The summed E-state index contributed by atoms with van der Waals surface area (Å²) in [5.74, 6) is 0.905. The van der Waals surface area contributed by atoms with Crippen LogP contribution in [0.5, 0.6) is 0 Å². The molecule has 0 unspecified atom stereocenters. The van der Waals surface area contributed by atoms with E-state index in [4.69, 9.17) is 0 Å². The molecule has 0 saturated carbocycles. The van der Waals surface area contributed by atoms with E-state index in [1.54, 1.807) is 6.33 Å². The first-order valence-corrected chi connectivity index (χ1v) is 7.11. The minimum Gasteiger partial charge on any atom is -0.306 e. The molecule has 21 heavy (non-hydrogen) atoms. The van der Waals surface area contributed by atoms with Crippen molar-refractivity contribution in [3.05, 3.63) is 83.9 Å². The molecule has 0 atom stereocenters. The van der Waals surface area contributed by atoms with E-state index in [1.165, 1.54) is 11.1 Å². The Morgan fingerprint density at radius 3 is 2.05 bits per heavy atom. The molecule has 106 valence electrons. The van der Waals surface area contributed by atoms with Gasteiger partial charge in [-0.25, -0.2) is 4.98 Å². The third-order valence-electron chi connectivity index (χ3n) is 3.44. The zero-order chi connectivity index (χ0) is 14.3. The van der Waals surface area contributed by atoms with E-state index in [2.05, 4.69) is 69.0 Å². The van der Waals surface area contributed by atoms with Crippen LogP contribution in [0.4, 0.5) is 0 Å². The van der Waals surface area contributed by atoms with Gasteiger partial charge < -0.3 is 5.32 Å². The number of hydrogen-bond donors (Lipinski definition) is 2. The Bertz CT molecular complexity index is 596. The minimum absolute atomic E-state index is 0.190. The van der Waals surface area contributed by atoms with Crippen molar-refractivity contribution < 1.29 is 0 Å². The molecule has 0 amide bonds. The van der Waals surface area contributed by atoms with Crippen molar-refractivity contribution in [1.82, 2.24) is 20.5 Å². The van der Waals surface area contributed by atoms with E-state index in [9.17, 15) is 0 Å². The lowest BCUT2D eigenvalue weighted by Gasteiger charge is -2.19. The third kappa shape index (κ3) is 3.55. The quantitative estimate of drug-likeness (QED) is 0.729. The van der Waals surface area contributed by atoms with Crippen molar-refractivity contribution in [2.45, 2.75) is 12.5 Å². The van der Waals surface area contributed by atoms with Gasteiger partial charge in [-0.15, -0.1) is 0 Å². The van der Waals surface area contributed by atoms with Gasteiger partial charge in [0.25, 0.3) is 0 Å². The fourth-order valence-electron chi connectivity index (χ4n) is 2.41. The van der Waals surface area contributed by atoms with Crippen LogP contribution in [0.2, 0.25) is 0 Å². The predicted molar refractivity (Wildman–Crippen MR) is 82.8 cm³/mol. The van der Waals surface area contributed by atoms with Crippen molar-refractivity contribution in [3.63, 3.8) is 0 Å². The second-order valence-electron chi connectivity index (χ2n) is 4.89. The highest BCUT2D eigenvalue weighted by atomic mass is 15.2. The minimum atomic E-state index is 0.190. The molecule has 4 nitrogen and oxygen atoms in total. The number of benzene rings is 2. The van der Waals surface area contributed by atoms with Gasteiger partial charge in [0.15, 0.2) is 0 Å². The summed E-state index contributed by atoms with van der Waals surface area (Å²) >= 11 is 0. The number of aromatic nitrogens is 3. The second-order valence-corrected chi connectivity index (χ2v) is 4.89. The fourth-order valence-corrected chi connectivity index (χ4v) is 2.41. The molecule has 0 saturated heterocycles. The van der Waals surface area contributed by atoms with Crippen molar-refractivity contribution in [2.24, 2.45) is 0 Å². The Morgan fingerprint density at radius 1 is 0.905 bits per heavy atom. The molecule has 0 aliphatic carbocycles. The molecule has 2 N–H and O–H groups in total. The third-order valence-corrected chi connectivity index (χ3v) is 3.44. The van der Waals surface area contributed by atoms with Crippen LogP contribution in [-0.4, -0.2) is 21.7 Å². The summed E-state index contributed by atoms with van der Waals surface area (Å²) in [5, 5.41) is 10.4. The van der Waals surface area contributed by atoms with Gasteiger partial charge in [0.1, 0.15) is 12.2 Å². The first-order chi connectivity index (χ1) is 10.4. The van der Waals surface area contributed by atoms with Gasteiger partial charge in [-0.3, -0.25) is 5.10 Å². The Morgan fingerprint density at radius 2 is 1.52 bits per heavy atom. The van der Waals surface area contributed by atoms with Crippen LogP contribution in [0.3, 0.4) is 0 Å². The van der Waals surface area contributed by atoms with Crippen molar-refractivity contribution in [3.8, 4) is 0 Å². The largest absolute Gasteiger partial charge is 0.306 e. The molecule has 0 bridgehead atoms. The summed E-state index contributed by atoms with van der Waals surface area (Å²) in [5.41, 5.74) is 2.53. The molecule has 0 aliphatic rings. The zero-order valence-electron chi connectivity index (χ0n) is 11.7. The van der Waals surface area contributed by atoms with Crippen LogP contribution in [0.25, 0.3) is 0 Å². The molecular weight excluding hydrogens is 260 g/mol. The molecule has 0 aliphatic heterocycles. The normalized spacial score (nSPS) is 10.9. The van der Waals surface area contributed by atoms with Crippen LogP contribution in [0.1, 0.15) is 23.0 Å². The number of aromatic amines is 1. The number of rotatable bonds is 6. The second kappa shape index (κ2) is 6.81. The molecule has 0 radical (unpaired) electrons. The summed E-state index contributed by atoms with van der Waals surface area (Å²) in [6.07, 6.45) is 2.37. The average Bonchev–Trinajstić information content (AvgIpc) is 3.07. The maximum Gasteiger partial charge on any atom is 0.137 e. The zero-order valence-corrected chi connectivity index (χ0v) is 11.7. The lowest BCUT2D eigenvalue weighted by molar-refractivity contribution is 0.598. The van der Waals surface area contributed by atoms with Gasteiger partial charge in [-0.05, 0) is 11.1 Å².